The first-order valence-corrected chi connectivity index (χ1v) is 5.94. The molecular weight excluding hydrogens is 234 g/mol. The molecular formula is C13H19NO4. The van der Waals surface area contributed by atoms with Gasteiger partial charge in [-0.05, 0) is 18.1 Å². The lowest BCUT2D eigenvalue weighted by atomic mass is 10.2. The number of carbonyl (C=O) groups excluding carboxylic acids is 2. The minimum absolute atomic E-state index is 0.190. The summed E-state index contributed by atoms with van der Waals surface area (Å²) in [5, 5.41) is 0. The molecule has 0 saturated heterocycles. The van der Waals surface area contributed by atoms with Crippen molar-refractivity contribution in [3.8, 4) is 0 Å². The summed E-state index contributed by atoms with van der Waals surface area (Å²) in [5.41, 5.74) is 0. The van der Waals surface area contributed by atoms with Crippen molar-refractivity contribution in [2.75, 3.05) is 20.2 Å². The summed E-state index contributed by atoms with van der Waals surface area (Å²) in [4.78, 5) is 24.9. The van der Waals surface area contributed by atoms with Crippen LogP contribution in [0.3, 0.4) is 0 Å². The molecule has 1 heterocycles. The van der Waals surface area contributed by atoms with E-state index in [0.29, 0.717) is 24.8 Å². The number of ether oxygens (including phenoxy) is 1. The molecule has 0 aliphatic heterocycles. The fraction of sp³-hybridized carbons (Fsp3) is 0.538. The van der Waals surface area contributed by atoms with E-state index in [1.165, 1.54) is 13.4 Å². The molecule has 5 nitrogen and oxygen atoms in total. The number of methoxy groups -OCH3 is 1. The fourth-order valence-corrected chi connectivity index (χ4v) is 1.60. The number of carbonyl (C=O) groups is 2. The molecule has 5 heteroatoms. The predicted molar refractivity (Wildman–Crippen MR) is 66.1 cm³/mol. The maximum Gasteiger partial charge on any atom is 0.307 e. The second kappa shape index (κ2) is 6.83. The third-order valence-corrected chi connectivity index (χ3v) is 2.42. The molecule has 1 rings (SSSR count). The molecule has 0 N–H and O–H groups in total. The van der Waals surface area contributed by atoms with Gasteiger partial charge in [0, 0.05) is 13.1 Å². The molecule has 0 aliphatic carbocycles. The highest BCUT2D eigenvalue weighted by molar-refractivity contribution is 5.91. The standard InChI is InChI=1S/C13H19NO4/c1-10(2)9-14(7-6-12(15)17-3)13(16)11-5-4-8-18-11/h4-5,8,10H,6-7,9H2,1-3H3. The Labute approximate surface area is 107 Å². The quantitative estimate of drug-likeness (QED) is 0.727. The maximum atomic E-state index is 12.1. The normalized spacial score (nSPS) is 10.4. The van der Waals surface area contributed by atoms with Crippen LogP contribution in [0.25, 0.3) is 0 Å². The Balaban J connectivity index is 2.65. The van der Waals surface area contributed by atoms with E-state index in [9.17, 15) is 9.59 Å². The molecule has 100 valence electrons. The van der Waals surface area contributed by atoms with E-state index in [4.69, 9.17) is 4.42 Å². The lowest BCUT2D eigenvalue weighted by molar-refractivity contribution is -0.140. The zero-order valence-corrected chi connectivity index (χ0v) is 11.0. The Hall–Kier alpha value is -1.78. The topological polar surface area (TPSA) is 59.8 Å². The minimum atomic E-state index is -0.323. The predicted octanol–water partition coefficient (Wildman–Crippen LogP) is 1.94. The summed E-state index contributed by atoms with van der Waals surface area (Å²) < 4.78 is 9.66. The van der Waals surface area contributed by atoms with E-state index in [1.54, 1.807) is 17.0 Å². The van der Waals surface area contributed by atoms with Crippen molar-refractivity contribution in [2.24, 2.45) is 5.92 Å². The Morgan fingerprint density at radius 2 is 2.17 bits per heavy atom. The lowest BCUT2D eigenvalue weighted by Crippen LogP contribution is -2.35. The highest BCUT2D eigenvalue weighted by Gasteiger charge is 2.20. The van der Waals surface area contributed by atoms with E-state index < -0.39 is 0 Å². The van der Waals surface area contributed by atoms with Gasteiger partial charge in [-0.2, -0.15) is 0 Å². The first-order chi connectivity index (χ1) is 8.54. The number of hydrogen-bond acceptors (Lipinski definition) is 4. The van der Waals surface area contributed by atoms with Crippen LogP contribution < -0.4 is 0 Å². The molecule has 18 heavy (non-hydrogen) atoms. The summed E-state index contributed by atoms with van der Waals surface area (Å²) >= 11 is 0. The van der Waals surface area contributed by atoms with Crippen molar-refractivity contribution in [1.82, 2.24) is 4.90 Å². The Morgan fingerprint density at radius 3 is 2.67 bits per heavy atom. The van der Waals surface area contributed by atoms with Crippen LogP contribution in [0.15, 0.2) is 22.8 Å². The molecule has 1 amide bonds. The number of furan rings is 1. The van der Waals surface area contributed by atoms with E-state index in [1.807, 2.05) is 13.8 Å². The second-order valence-corrected chi connectivity index (χ2v) is 4.45. The number of nitrogens with zero attached hydrogens (tertiary/aromatic N) is 1. The average Bonchev–Trinajstić information content (AvgIpc) is 2.86. The van der Waals surface area contributed by atoms with Crippen molar-refractivity contribution in [3.63, 3.8) is 0 Å². The molecule has 1 aromatic rings. The molecule has 0 saturated carbocycles. The molecule has 1 aromatic heterocycles. The lowest BCUT2D eigenvalue weighted by Gasteiger charge is -2.23. The highest BCUT2D eigenvalue weighted by Crippen LogP contribution is 2.09. The van der Waals surface area contributed by atoms with Gasteiger partial charge in [-0.25, -0.2) is 0 Å². The molecule has 0 aromatic carbocycles. The summed E-state index contributed by atoms with van der Waals surface area (Å²) in [7, 11) is 1.34. The van der Waals surface area contributed by atoms with Gasteiger partial charge in [-0.1, -0.05) is 13.8 Å². The van der Waals surface area contributed by atoms with Crippen LogP contribution in [0, 0.1) is 5.92 Å². The molecule has 0 aliphatic rings. The largest absolute Gasteiger partial charge is 0.469 e. The Kier molecular flexibility index (Phi) is 5.42. The molecule has 0 spiro atoms. The zero-order valence-electron chi connectivity index (χ0n) is 11.0. The van der Waals surface area contributed by atoms with Crippen LogP contribution >= 0.6 is 0 Å². The van der Waals surface area contributed by atoms with Gasteiger partial charge in [-0.15, -0.1) is 0 Å². The van der Waals surface area contributed by atoms with Crippen molar-refractivity contribution >= 4 is 11.9 Å². The van der Waals surface area contributed by atoms with Gasteiger partial charge >= 0.3 is 5.97 Å². The van der Waals surface area contributed by atoms with Crippen molar-refractivity contribution < 1.29 is 18.7 Å². The molecule has 0 atom stereocenters. The highest BCUT2D eigenvalue weighted by atomic mass is 16.5. The van der Waals surface area contributed by atoms with Gasteiger partial charge in [0.1, 0.15) is 0 Å². The maximum absolute atomic E-state index is 12.1. The van der Waals surface area contributed by atoms with Crippen LogP contribution in [0.1, 0.15) is 30.8 Å². The summed E-state index contributed by atoms with van der Waals surface area (Å²) in [6.45, 7) is 4.95. The summed E-state index contributed by atoms with van der Waals surface area (Å²) in [5.74, 6) is 0.0932. The van der Waals surface area contributed by atoms with Crippen LogP contribution in [0.5, 0.6) is 0 Å². The monoisotopic (exact) mass is 253 g/mol. The fourth-order valence-electron chi connectivity index (χ4n) is 1.60. The second-order valence-electron chi connectivity index (χ2n) is 4.45. The van der Waals surface area contributed by atoms with Crippen molar-refractivity contribution in [2.45, 2.75) is 20.3 Å². The summed E-state index contributed by atoms with van der Waals surface area (Å²) in [6.07, 6.45) is 1.65. The number of hydrogen-bond donors (Lipinski definition) is 0. The first kappa shape index (κ1) is 14.3. The summed E-state index contributed by atoms with van der Waals surface area (Å²) in [6, 6.07) is 3.29. The number of amides is 1. The van der Waals surface area contributed by atoms with E-state index in [0.717, 1.165) is 0 Å². The van der Waals surface area contributed by atoms with Crippen LogP contribution in [-0.2, 0) is 9.53 Å². The van der Waals surface area contributed by atoms with E-state index in [2.05, 4.69) is 4.74 Å². The Bertz CT molecular complexity index is 384. The van der Waals surface area contributed by atoms with Gasteiger partial charge in [0.2, 0.25) is 0 Å². The molecule has 0 bridgehead atoms. The smallest absolute Gasteiger partial charge is 0.307 e. The van der Waals surface area contributed by atoms with Crippen molar-refractivity contribution in [3.05, 3.63) is 24.2 Å². The first-order valence-electron chi connectivity index (χ1n) is 5.94. The van der Waals surface area contributed by atoms with Gasteiger partial charge in [-0.3, -0.25) is 9.59 Å². The Morgan fingerprint density at radius 1 is 1.44 bits per heavy atom. The average molecular weight is 253 g/mol. The molecule has 0 radical (unpaired) electrons. The third-order valence-electron chi connectivity index (χ3n) is 2.42. The van der Waals surface area contributed by atoms with Gasteiger partial charge in [0.25, 0.3) is 5.91 Å². The third kappa shape index (κ3) is 4.24. The van der Waals surface area contributed by atoms with Crippen LogP contribution in [0.4, 0.5) is 0 Å². The zero-order chi connectivity index (χ0) is 13.5. The number of rotatable bonds is 6. The molecule has 0 unspecified atom stereocenters. The van der Waals surface area contributed by atoms with E-state index >= 15 is 0 Å². The van der Waals surface area contributed by atoms with Crippen molar-refractivity contribution in [1.29, 1.82) is 0 Å². The minimum Gasteiger partial charge on any atom is -0.469 e. The number of esters is 1. The SMILES string of the molecule is COC(=O)CCN(CC(C)C)C(=O)c1ccco1. The van der Waals surface area contributed by atoms with Crippen LogP contribution in [-0.4, -0.2) is 37.0 Å². The molecule has 0 fully saturated rings. The van der Waals surface area contributed by atoms with Gasteiger partial charge in [0.15, 0.2) is 5.76 Å². The van der Waals surface area contributed by atoms with Crippen LogP contribution in [0.2, 0.25) is 0 Å². The van der Waals surface area contributed by atoms with Gasteiger partial charge in [0.05, 0.1) is 19.8 Å². The van der Waals surface area contributed by atoms with E-state index in [-0.39, 0.29) is 18.3 Å². The van der Waals surface area contributed by atoms with Gasteiger partial charge < -0.3 is 14.1 Å².